The van der Waals surface area contributed by atoms with Gasteiger partial charge in [-0.05, 0) is 49.8 Å². The molecule has 0 radical (unpaired) electrons. The average Bonchev–Trinajstić information content (AvgIpc) is 2.88. The maximum Gasteiger partial charge on any atom is 0.255 e. The largest absolute Gasteiger partial charge is 0.494 e. The molecule has 0 aliphatic heterocycles. The maximum absolute atomic E-state index is 12.6. The Hall–Kier alpha value is -4.46. The van der Waals surface area contributed by atoms with Crippen molar-refractivity contribution in [2.45, 2.75) is 20.0 Å². The summed E-state index contributed by atoms with van der Waals surface area (Å²) >= 11 is 0. The highest BCUT2D eigenvalue weighted by Crippen LogP contribution is 2.37. The van der Waals surface area contributed by atoms with Crippen molar-refractivity contribution in [3.63, 3.8) is 0 Å². The predicted molar refractivity (Wildman–Crippen MR) is 140 cm³/mol. The fourth-order valence-electron chi connectivity index (χ4n) is 3.36. The minimum atomic E-state index is -0.377. The molecule has 188 valence electrons. The lowest BCUT2D eigenvalue weighted by Gasteiger charge is -2.16. The summed E-state index contributed by atoms with van der Waals surface area (Å²) in [6.45, 7) is 3.87. The third kappa shape index (κ3) is 6.79. The number of carbonyl (C=O) groups excluding carboxylic acids is 2. The van der Waals surface area contributed by atoms with Gasteiger partial charge in [0, 0.05) is 23.8 Å². The van der Waals surface area contributed by atoms with Crippen LogP contribution in [0.3, 0.4) is 0 Å². The van der Waals surface area contributed by atoms with Gasteiger partial charge in [-0.25, -0.2) is 0 Å². The first-order chi connectivity index (χ1) is 17.3. The lowest BCUT2D eigenvalue weighted by Crippen LogP contribution is -2.14. The average molecular weight is 491 g/mol. The zero-order valence-corrected chi connectivity index (χ0v) is 21.0. The van der Waals surface area contributed by atoms with E-state index in [9.17, 15) is 9.59 Å². The third-order valence-corrected chi connectivity index (χ3v) is 5.04. The van der Waals surface area contributed by atoms with Crippen LogP contribution in [0.25, 0.3) is 6.08 Å². The molecule has 3 aromatic rings. The van der Waals surface area contributed by atoms with Gasteiger partial charge in [0.1, 0.15) is 11.5 Å². The molecule has 0 spiro atoms. The molecular formula is C28H30N2O6. The summed E-state index contributed by atoms with van der Waals surface area (Å²) in [5, 5.41) is 5.60. The number of nitrogens with one attached hydrogen (secondary N) is 2. The molecule has 8 nitrogen and oxygen atoms in total. The number of rotatable bonds is 10. The highest BCUT2D eigenvalue weighted by Gasteiger charge is 2.16. The zero-order chi connectivity index (χ0) is 26.1. The van der Waals surface area contributed by atoms with E-state index >= 15 is 0 Å². The number of carbonyl (C=O) groups is 2. The molecule has 0 aliphatic rings. The first-order valence-electron chi connectivity index (χ1n) is 11.3. The van der Waals surface area contributed by atoms with Crippen LogP contribution in [0, 0.1) is 0 Å². The van der Waals surface area contributed by atoms with E-state index in [1.165, 1.54) is 20.3 Å². The van der Waals surface area contributed by atoms with Crippen molar-refractivity contribution in [1.29, 1.82) is 0 Å². The molecule has 0 atom stereocenters. The van der Waals surface area contributed by atoms with Crippen LogP contribution in [-0.2, 0) is 4.79 Å². The van der Waals surface area contributed by atoms with Crippen LogP contribution in [0.15, 0.2) is 66.7 Å². The van der Waals surface area contributed by atoms with Crippen molar-refractivity contribution in [2.75, 3.05) is 32.0 Å². The Kier molecular flexibility index (Phi) is 8.94. The Balaban J connectivity index is 1.76. The monoisotopic (exact) mass is 490 g/mol. The van der Waals surface area contributed by atoms with Crippen LogP contribution in [0.4, 0.5) is 11.4 Å². The van der Waals surface area contributed by atoms with E-state index in [-0.39, 0.29) is 17.9 Å². The normalized spacial score (nSPS) is 10.7. The molecule has 3 aromatic carbocycles. The summed E-state index contributed by atoms with van der Waals surface area (Å²) in [4.78, 5) is 25.2. The van der Waals surface area contributed by atoms with Gasteiger partial charge in [-0.1, -0.05) is 24.3 Å². The standard InChI is InChI=1S/C28H30N2O6/c1-18(2)36-23-13-11-19(15-26(23)35-5)12-14-27(31)29-21-16-25(34-4)22(17-24(21)33-3)30-28(32)20-9-7-6-8-10-20/h6-18H,1-5H3,(H,29,31)(H,30,32)/b14-12+. The van der Waals surface area contributed by atoms with Crippen LogP contribution in [0.1, 0.15) is 29.8 Å². The van der Waals surface area contributed by atoms with Gasteiger partial charge in [-0.15, -0.1) is 0 Å². The smallest absolute Gasteiger partial charge is 0.255 e. The second-order valence-electron chi connectivity index (χ2n) is 7.97. The Morgan fingerprint density at radius 2 is 1.36 bits per heavy atom. The molecule has 0 saturated heterocycles. The van der Waals surface area contributed by atoms with Gasteiger partial charge in [0.05, 0.1) is 38.8 Å². The number of hydrogen-bond donors (Lipinski definition) is 2. The molecule has 0 heterocycles. The van der Waals surface area contributed by atoms with Gasteiger partial charge < -0.3 is 29.6 Å². The second kappa shape index (κ2) is 12.3. The molecule has 2 amide bonds. The summed E-state index contributed by atoms with van der Waals surface area (Å²) in [5.74, 6) is 1.26. The number of benzene rings is 3. The molecule has 0 fully saturated rings. The van der Waals surface area contributed by atoms with Gasteiger partial charge in [0.25, 0.3) is 5.91 Å². The molecule has 0 aromatic heterocycles. The number of hydrogen-bond acceptors (Lipinski definition) is 6. The number of methoxy groups -OCH3 is 3. The van der Waals surface area contributed by atoms with E-state index < -0.39 is 0 Å². The molecule has 8 heteroatoms. The van der Waals surface area contributed by atoms with E-state index in [4.69, 9.17) is 18.9 Å². The topological polar surface area (TPSA) is 95.1 Å². The fourth-order valence-corrected chi connectivity index (χ4v) is 3.36. The van der Waals surface area contributed by atoms with Gasteiger partial charge in [0.2, 0.25) is 5.91 Å². The molecule has 0 bridgehead atoms. The minimum absolute atomic E-state index is 0.0103. The van der Waals surface area contributed by atoms with Crippen molar-refractivity contribution in [1.82, 2.24) is 0 Å². The Morgan fingerprint density at radius 3 is 1.94 bits per heavy atom. The molecule has 2 N–H and O–H groups in total. The zero-order valence-electron chi connectivity index (χ0n) is 21.0. The SMILES string of the molecule is COc1cc(NC(=O)c2ccccc2)c(OC)cc1NC(=O)/C=C/c1ccc(OC(C)C)c(OC)c1. The van der Waals surface area contributed by atoms with Gasteiger partial charge in [0.15, 0.2) is 11.5 Å². The summed E-state index contributed by atoms with van der Waals surface area (Å²) in [6, 6.07) is 17.4. The number of anilines is 2. The van der Waals surface area contributed by atoms with Gasteiger partial charge in [-0.3, -0.25) is 9.59 Å². The lowest BCUT2D eigenvalue weighted by molar-refractivity contribution is -0.111. The van der Waals surface area contributed by atoms with Crippen LogP contribution >= 0.6 is 0 Å². The van der Waals surface area contributed by atoms with Crippen LogP contribution in [-0.4, -0.2) is 39.2 Å². The van der Waals surface area contributed by atoms with E-state index in [0.717, 1.165) is 5.56 Å². The van der Waals surface area contributed by atoms with Crippen molar-refractivity contribution >= 4 is 29.3 Å². The molecule has 0 unspecified atom stereocenters. The summed E-state index contributed by atoms with van der Waals surface area (Å²) in [7, 11) is 4.52. The van der Waals surface area contributed by atoms with Crippen LogP contribution in [0.2, 0.25) is 0 Å². The second-order valence-corrected chi connectivity index (χ2v) is 7.97. The summed E-state index contributed by atoms with van der Waals surface area (Å²) in [6.07, 6.45) is 3.07. The van der Waals surface area contributed by atoms with Crippen LogP contribution < -0.4 is 29.6 Å². The van der Waals surface area contributed by atoms with Gasteiger partial charge in [-0.2, -0.15) is 0 Å². The Labute approximate surface area is 210 Å². The Morgan fingerprint density at radius 1 is 0.750 bits per heavy atom. The quantitative estimate of drug-likeness (QED) is 0.369. The molecule has 3 rings (SSSR count). The molecular weight excluding hydrogens is 460 g/mol. The van der Waals surface area contributed by atoms with E-state index in [1.54, 1.807) is 61.7 Å². The molecule has 36 heavy (non-hydrogen) atoms. The van der Waals surface area contributed by atoms with Crippen molar-refractivity contribution in [3.05, 3.63) is 77.9 Å². The first kappa shape index (κ1) is 26.2. The predicted octanol–water partition coefficient (Wildman–Crippen LogP) is 5.40. The highest BCUT2D eigenvalue weighted by molar-refractivity contribution is 6.06. The van der Waals surface area contributed by atoms with Crippen molar-refractivity contribution in [3.8, 4) is 23.0 Å². The van der Waals surface area contributed by atoms with E-state index in [2.05, 4.69) is 10.6 Å². The molecule has 0 saturated carbocycles. The highest BCUT2D eigenvalue weighted by atomic mass is 16.5. The number of amides is 2. The third-order valence-electron chi connectivity index (χ3n) is 5.04. The summed E-state index contributed by atoms with van der Waals surface area (Å²) in [5.41, 5.74) is 2.07. The summed E-state index contributed by atoms with van der Waals surface area (Å²) < 4.78 is 22.0. The Bertz CT molecular complexity index is 1240. The van der Waals surface area contributed by atoms with E-state index in [0.29, 0.717) is 39.9 Å². The first-order valence-corrected chi connectivity index (χ1v) is 11.3. The molecule has 0 aliphatic carbocycles. The maximum atomic E-state index is 12.6. The number of ether oxygens (including phenoxy) is 4. The minimum Gasteiger partial charge on any atom is -0.494 e. The van der Waals surface area contributed by atoms with E-state index in [1.807, 2.05) is 26.0 Å². The van der Waals surface area contributed by atoms with Gasteiger partial charge >= 0.3 is 0 Å². The van der Waals surface area contributed by atoms with Crippen molar-refractivity contribution < 1.29 is 28.5 Å². The lowest BCUT2D eigenvalue weighted by atomic mass is 10.1. The fraction of sp³-hybridized carbons (Fsp3) is 0.214. The van der Waals surface area contributed by atoms with Crippen LogP contribution in [0.5, 0.6) is 23.0 Å². The van der Waals surface area contributed by atoms with Crippen molar-refractivity contribution in [2.24, 2.45) is 0 Å².